The van der Waals surface area contributed by atoms with Crippen LogP contribution in [0.25, 0.3) is 17.2 Å². The largest absolute Gasteiger partial charge is 0.416 e. The van der Waals surface area contributed by atoms with Gasteiger partial charge in [-0.25, -0.2) is 4.79 Å². The van der Waals surface area contributed by atoms with Crippen molar-refractivity contribution < 1.29 is 19.2 Å². The van der Waals surface area contributed by atoms with Gasteiger partial charge in [-0.1, -0.05) is 56.8 Å². The van der Waals surface area contributed by atoms with Crippen LogP contribution in [0.1, 0.15) is 37.8 Å². The van der Waals surface area contributed by atoms with Crippen LogP contribution in [0.2, 0.25) is 0 Å². The maximum Gasteiger partial charge on any atom is 0.414 e. The molecule has 1 fully saturated rings. The number of carbonyl (C=O) groups is 2. The minimum absolute atomic E-state index is 0.00709. The molecule has 34 heavy (non-hydrogen) atoms. The first-order chi connectivity index (χ1) is 16.2. The molecule has 0 atom stereocenters. The Balaban J connectivity index is 1.84. The fourth-order valence-corrected chi connectivity index (χ4v) is 3.96. The maximum absolute atomic E-state index is 12.8. The molecule has 0 bridgehead atoms. The van der Waals surface area contributed by atoms with Crippen molar-refractivity contribution in [3.8, 4) is 11.1 Å². The molecule has 0 spiro atoms. The monoisotopic (exact) mass is 463 g/mol. The first kappa shape index (κ1) is 24.7. The molecule has 1 aliphatic rings. The second kappa shape index (κ2) is 10.8. The lowest BCUT2D eigenvalue weighted by atomic mass is 9.89. The van der Waals surface area contributed by atoms with Gasteiger partial charge >= 0.3 is 6.09 Å². The van der Waals surface area contributed by atoms with E-state index in [-0.39, 0.29) is 17.5 Å². The molecule has 8 nitrogen and oxygen atoms in total. The average Bonchev–Trinajstić information content (AvgIpc) is 2.81. The number of piperazine rings is 1. The van der Waals surface area contributed by atoms with E-state index in [2.05, 4.69) is 6.58 Å². The number of nitro benzene ring substituents is 1. The van der Waals surface area contributed by atoms with E-state index in [1.807, 2.05) is 38.1 Å². The molecule has 8 heteroatoms. The van der Waals surface area contributed by atoms with E-state index >= 15 is 0 Å². The Kier molecular flexibility index (Phi) is 7.83. The van der Waals surface area contributed by atoms with Crippen molar-refractivity contribution in [2.45, 2.75) is 26.7 Å². The summed E-state index contributed by atoms with van der Waals surface area (Å²) in [5.74, 6) is 0.267. The van der Waals surface area contributed by atoms with Gasteiger partial charge in [0.15, 0.2) is 0 Å². The lowest BCUT2D eigenvalue weighted by molar-refractivity contribution is -0.384. The van der Waals surface area contributed by atoms with Crippen LogP contribution in [-0.4, -0.2) is 52.9 Å². The van der Waals surface area contributed by atoms with E-state index in [1.165, 1.54) is 17.0 Å². The SMILES string of the molecule is C=C(C)OC(=O)N1CCN(C(=O)/C=C/c2cccc([N+](=O)[O-])c2-c2ccccc2C(C)C)CC1. The fourth-order valence-electron chi connectivity index (χ4n) is 3.96. The minimum Gasteiger partial charge on any atom is -0.416 e. The Morgan fingerprint density at radius 3 is 2.32 bits per heavy atom. The van der Waals surface area contributed by atoms with Crippen molar-refractivity contribution in [1.82, 2.24) is 9.80 Å². The Labute approximate surface area is 199 Å². The predicted molar refractivity (Wildman–Crippen MR) is 131 cm³/mol. The van der Waals surface area contributed by atoms with Gasteiger partial charge in [0, 0.05) is 38.3 Å². The van der Waals surface area contributed by atoms with Crippen LogP contribution in [0.4, 0.5) is 10.5 Å². The zero-order valence-electron chi connectivity index (χ0n) is 19.7. The first-order valence-electron chi connectivity index (χ1n) is 11.1. The molecule has 0 radical (unpaired) electrons. The van der Waals surface area contributed by atoms with Crippen LogP contribution in [0, 0.1) is 10.1 Å². The third-order valence-corrected chi connectivity index (χ3v) is 5.64. The summed E-state index contributed by atoms with van der Waals surface area (Å²) < 4.78 is 5.02. The Morgan fingerprint density at radius 2 is 1.71 bits per heavy atom. The van der Waals surface area contributed by atoms with Crippen LogP contribution in [-0.2, 0) is 9.53 Å². The van der Waals surface area contributed by atoms with Crippen LogP contribution in [0.15, 0.2) is 60.9 Å². The second-order valence-electron chi connectivity index (χ2n) is 8.46. The van der Waals surface area contributed by atoms with E-state index in [9.17, 15) is 19.7 Å². The van der Waals surface area contributed by atoms with Gasteiger partial charge in [-0.15, -0.1) is 0 Å². The van der Waals surface area contributed by atoms with Crippen molar-refractivity contribution >= 4 is 23.8 Å². The number of carbonyl (C=O) groups excluding carboxylic acids is 2. The summed E-state index contributed by atoms with van der Waals surface area (Å²) in [6.45, 7) is 10.7. The number of rotatable bonds is 6. The molecule has 3 rings (SSSR count). The highest BCUT2D eigenvalue weighted by molar-refractivity contribution is 5.94. The van der Waals surface area contributed by atoms with E-state index in [1.54, 1.807) is 30.0 Å². The molecule has 1 heterocycles. The van der Waals surface area contributed by atoms with Gasteiger partial charge in [0.1, 0.15) is 0 Å². The van der Waals surface area contributed by atoms with Gasteiger partial charge < -0.3 is 14.5 Å². The fraction of sp³-hybridized carbons (Fsp3) is 0.308. The van der Waals surface area contributed by atoms with E-state index in [4.69, 9.17) is 4.74 Å². The maximum atomic E-state index is 12.8. The molecule has 1 aliphatic heterocycles. The lowest BCUT2D eigenvalue weighted by Crippen LogP contribution is -2.50. The summed E-state index contributed by atoms with van der Waals surface area (Å²) >= 11 is 0. The van der Waals surface area contributed by atoms with Crippen LogP contribution < -0.4 is 0 Å². The Bertz CT molecular complexity index is 1130. The third kappa shape index (κ3) is 5.70. The standard InChI is InChI=1S/C26H29N3O5/c1-18(2)21-9-5-6-10-22(21)25-20(8-7-11-23(25)29(32)33)12-13-24(30)27-14-16-28(17-15-27)26(31)34-19(3)4/h5-13,18H,3,14-17H2,1-2,4H3/b13-12+. The van der Waals surface area contributed by atoms with Gasteiger partial charge in [0.25, 0.3) is 5.69 Å². The number of allylic oxidation sites excluding steroid dienone is 1. The molecule has 0 unspecified atom stereocenters. The number of hydrogen-bond donors (Lipinski definition) is 0. The predicted octanol–water partition coefficient (Wildman–Crippen LogP) is 5.21. The third-order valence-electron chi connectivity index (χ3n) is 5.64. The molecule has 2 amide bonds. The number of ether oxygens (including phenoxy) is 1. The molecule has 0 N–H and O–H groups in total. The Hall–Kier alpha value is -3.94. The topological polar surface area (TPSA) is 93.0 Å². The zero-order chi connectivity index (χ0) is 24.8. The smallest absolute Gasteiger partial charge is 0.414 e. The zero-order valence-corrected chi connectivity index (χ0v) is 19.7. The van der Waals surface area contributed by atoms with Crippen molar-refractivity contribution in [3.05, 3.63) is 82.1 Å². The van der Waals surface area contributed by atoms with Crippen molar-refractivity contribution in [2.75, 3.05) is 26.2 Å². The van der Waals surface area contributed by atoms with Gasteiger partial charge in [-0.05, 0) is 35.6 Å². The van der Waals surface area contributed by atoms with Crippen molar-refractivity contribution in [1.29, 1.82) is 0 Å². The summed E-state index contributed by atoms with van der Waals surface area (Å²) in [5.41, 5.74) is 2.86. The molecule has 0 aromatic heterocycles. The molecular formula is C26H29N3O5. The van der Waals surface area contributed by atoms with Crippen LogP contribution in [0.5, 0.6) is 0 Å². The second-order valence-corrected chi connectivity index (χ2v) is 8.46. The van der Waals surface area contributed by atoms with Gasteiger partial charge in [-0.3, -0.25) is 14.9 Å². The number of benzene rings is 2. The average molecular weight is 464 g/mol. The summed E-state index contributed by atoms with van der Waals surface area (Å²) in [7, 11) is 0. The molecule has 0 aliphatic carbocycles. The number of hydrogen-bond acceptors (Lipinski definition) is 5. The summed E-state index contributed by atoms with van der Waals surface area (Å²) in [6, 6.07) is 12.5. The van der Waals surface area contributed by atoms with E-state index in [0.29, 0.717) is 43.1 Å². The van der Waals surface area contributed by atoms with Crippen LogP contribution >= 0.6 is 0 Å². The normalized spacial score (nSPS) is 13.9. The number of amides is 2. The summed E-state index contributed by atoms with van der Waals surface area (Å²) in [4.78, 5) is 39.4. The van der Waals surface area contributed by atoms with Gasteiger partial charge in [-0.2, -0.15) is 0 Å². The molecule has 2 aromatic carbocycles. The Morgan fingerprint density at radius 1 is 1.06 bits per heavy atom. The first-order valence-corrected chi connectivity index (χ1v) is 11.1. The van der Waals surface area contributed by atoms with Crippen molar-refractivity contribution in [3.63, 3.8) is 0 Å². The van der Waals surface area contributed by atoms with Crippen molar-refractivity contribution in [2.24, 2.45) is 0 Å². The summed E-state index contributed by atoms with van der Waals surface area (Å²) in [6.07, 6.45) is 2.59. The summed E-state index contributed by atoms with van der Waals surface area (Å²) in [5, 5.41) is 11.8. The molecule has 2 aromatic rings. The molecule has 0 saturated carbocycles. The quantitative estimate of drug-likeness (QED) is 0.254. The molecule has 1 saturated heterocycles. The van der Waals surface area contributed by atoms with E-state index < -0.39 is 11.0 Å². The molecule has 178 valence electrons. The molecular weight excluding hydrogens is 434 g/mol. The number of nitro groups is 1. The highest BCUT2D eigenvalue weighted by Crippen LogP contribution is 2.38. The van der Waals surface area contributed by atoms with E-state index in [0.717, 1.165) is 11.1 Å². The lowest BCUT2D eigenvalue weighted by Gasteiger charge is -2.33. The van der Waals surface area contributed by atoms with Gasteiger partial charge in [0.05, 0.1) is 16.2 Å². The highest BCUT2D eigenvalue weighted by atomic mass is 16.6. The van der Waals surface area contributed by atoms with Crippen LogP contribution in [0.3, 0.4) is 0 Å². The van der Waals surface area contributed by atoms with Gasteiger partial charge in [0.2, 0.25) is 5.91 Å². The minimum atomic E-state index is -0.472. The highest BCUT2D eigenvalue weighted by Gasteiger charge is 2.25. The number of nitrogens with zero attached hydrogens (tertiary/aromatic N) is 3.